The topological polar surface area (TPSA) is 83.1 Å². The van der Waals surface area contributed by atoms with Crippen LogP contribution in [0.5, 0.6) is 0 Å². The van der Waals surface area contributed by atoms with Gasteiger partial charge in [-0.3, -0.25) is 4.79 Å². The van der Waals surface area contributed by atoms with Gasteiger partial charge in [-0.25, -0.2) is 9.78 Å². The van der Waals surface area contributed by atoms with Gasteiger partial charge in [-0.05, 0) is 44.5 Å². The molecule has 0 bridgehead atoms. The van der Waals surface area contributed by atoms with Crippen molar-refractivity contribution in [2.75, 3.05) is 12.4 Å². The quantitative estimate of drug-likeness (QED) is 0.777. The van der Waals surface area contributed by atoms with E-state index in [1.54, 1.807) is 31.3 Å². The number of rotatable bonds is 5. The maximum absolute atomic E-state index is 12.3. The Morgan fingerprint density at radius 3 is 2.42 bits per heavy atom. The molecule has 24 heavy (non-hydrogen) atoms. The van der Waals surface area contributed by atoms with Crippen molar-refractivity contribution >= 4 is 29.0 Å². The fourth-order valence-corrected chi connectivity index (χ4v) is 3.15. The lowest BCUT2D eigenvalue weighted by Crippen LogP contribution is -2.45. The number of amides is 3. The third kappa shape index (κ3) is 4.11. The number of carbonyl (C=O) groups excluding carboxylic acids is 2. The summed E-state index contributed by atoms with van der Waals surface area (Å²) in [5.41, 5.74) is 1.58. The molecule has 0 aliphatic heterocycles. The smallest absolute Gasteiger partial charge is 0.320 e. The molecule has 3 N–H and O–H groups in total. The van der Waals surface area contributed by atoms with Crippen molar-refractivity contribution in [3.05, 3.63) is 45.9 Å². The van der Waals surface area contributed by atoms with E-state index in [0.29, 0.717) is 11.3 Å². The van der Waals surface area contributed by atoms with Crippen LogP contribution in [-0.2, 0) is 5.54 Å². The zero-order chi connectivity index (χ0) is 17.7. The molecule has 1 aromatic heterocycles. The first kappa shape index (κ1) is 17.9. The Balaban J connectivity index is 2.05. The number of thiazole rings is 1. The minimum absolute atomic E-state index is 0.163. The molecule has 3 amide bonds. The van der Waals surface area contributed by atoms with Gasteiger partial charge in [0.15, 0.2) is 0 Å². The van der Waals surface area contributed by atoms with Crippen LogP contribution in [0.4, 0.5) is 10.5 Å². The average Bonchev–Trinajstić information content (AvgIpc) is 3.01. The molecule has 0 saturated carbocycles. The molecule has 1 heterocycles. The van der Waals surface area contributed by atoms with Gasteiger partial charge in [0.25, 0.3) is 5.91 Å². The van der Waals surface area contributed by atoms with E-state index in [1.165, 1.54) is 11.3 Å². The molecule has 2 rings (SSSR count). The van der Waals surface area contributed by atoms with E-state index in [4.69, 9.17) is 0 Å². The molecule has 0 spiro atoms. The van der Waals surface area contributed by atoms with Crippen LogP contribution in [-0.4, -0.2) is 24.0 Å². The van der Waals surface area contributed by atoms with E-state index in [9.17, 15) is 9.59 Å². The minimum Gasteiger partial charge on any atom is -0.355 e. The van der Waals surface area contributed by atoms with Crippen LogP contribution >= 0.6 is 11.3 Å². The Labute approximate surface area is 145 Å². The van der Waals surface area contributed by atoms with Gasteiger partial charge in [0.2, 0.25) is 0 Å². The molecule has 0 aliphatic rings. The normalized spacial score (nSPS) is 13.0. The van der Waals surface area contributed by atoms with Crippen LogP contribution in [0.1, 0.15) is 41.3 Å². The van der Waals surface area contributed by atoms with Crippen LogP contribution in [0.15, 0.2) is 29.6 Å². The fraction of sp³-hybridized carbons (Fsp3) is 0.353. The highest BCUT2D eigenvalue weighted by Gasteiger charge is 2.29. The lowest BCUT2D eigenvalue weighted by atomic mass is 10.0. The third-order valence-corrected chi connectivity index (χ3v) is 5.04. The van der Waals surface area contributed by atoms with Crippen LogP contribution in [0.3, 0.4) is 0 Å². The Hall–Kier alpha value is -2.41. The Morgan fingerprint density at radius 2 is 1.92 bits per heavy atom. The maximum Gasteiger partial charge on any atom is 0.320 e. The predicted octanol–water partition coefficient (Wildman–Crippen LogP) is 3.26. The highest BCUT2D eigenvalue weighted by atomic mass is 32.1. The molecule has 2 aromatic rings. The van der Waals surface area contributed by atoms with E-state index in [-0.39, 0.29) is 11.9 Å². The molecule has 0 fully saturated rings. The number of benzene rings is 1. The molecule has 0 aliphatic carbocycles. The molecule has 0 unspecified atom stereocenters. The van der Waals surface area contributed by atoms with Crippen molar-refractivity contribution in [3.8, 4) is 0 Å². The first-order chi connectivity index (χ1) is 11.4. The Morgan fingerprint density at radius 1 is 1.25 bits per heavy atom. The predicted molar refractivity (Wildman–Crippen MR) is 96.5 cm³/mol. The van der Waals surface area contributed by atoms with Gasteiger partial charge in [0, 0.05) is 29.4 Å². The molecule has 128 valence electrons. The van der Waals surface area contributed by atoms with E-state index in [2.05, 4.69) is 20.9 Å². The molecular weight excluding hydrogens is 324 g/mol. The number of nitrogens with zero attached hydrogens (tertiary/aromatic N) is 1. The van der Waals surface area contributed by atoms with E-state index < -0.39 is 5.54 Å². The van der Waals surface area contributed by atoms with Crippen molar-refractivity contribution in [3.63, 3.8) is 0 Å². The summed E-state index contributed by atoms with van der Waals surface area (Å²) in [7, 11) is 1.58. The first-order valence-electron chi connectivity index (χ1n) is 7.72. The summed E-state index contributed by atoms with van der Waals surface area (Å²) >= 11 is 1.54. The highest BCUT2D eigenvalue weighted by molar-refractivity contribution is 7.09. The second kappa shape index (κ2) is 7.44. The molecule has 0 saturated heterocycles. The van der Waals surface area contributed by atoms with Crippen molar-refractivity contribution < 1.29 is 9.59 Å². The molecule has 1 atom stereocenters. The van der Waals surface area contributed by atoms with Crippen LogP contribution in [0.25, 0.3) is 0 Å². The maximum atomic E-state index is 12.3. The zero-order valence-corrected chi connectivity index (χ0v) is 15.1. The van der Waals surface area contributed by atoms with Crippen LogP contribution in [0, 0.1) is 6.92 Å². The standard InChI is InChI=1S/C17H22N4O2S/c1-5-17(3,15-19-11(2)10-24-15)21-16(23)20-13-8-6-12(7-9-13)14(22)18-4/h6-10H,5H2,1-4H3,(H,18,22)(H2,20,21,23)/t17-/m0/s1. The summed E-state index contributed by atoms with van der Waals surface area (Å²) < 4.78 is 0. The monoisotopic (exact) mass is 346 g/mol. The van der Waals surface area contributed by atoms with Crippen LogP contribution < -0.4 is 16.0 Å². The largest absolute Gasteiger partial charge is 0.355 e. The number of urea groups is 1. The number of hydrogen-bond acceptors (Lipinski definition) is 4. The van der Waals surface area contributed by atoms with Gasteiger partial charge in [0.1, 0.15) is 5.01 Å². The van der Waals surface area contributed by atoms with Crippen molar-refractivity contribution in [1.29, 1.82) is 0 Å². The minimum atomic E-state index is -0.523. The number of nitrogens with one attached hydrogen (secondary N) is 3. The summed E-state index contributed by atoms with van der Waals surface area (Å²) in [6, 6.07) is 6.41. The lowest BCUT2D eigenvalue weighted by Gasteiger charge is -2.27. The van der Waals surface area contributed by atoms with Gasteiger partial charge in [0.05, 0.1) is 5.54 Å². The molecule has 0 radical (unpaired) electrons. The SMILES string of the molecule is CC[C@](C)(NC(=O)Nc1ccc(C(=O)NC)cc1)c1nc(C)cs1. The number of aromatic nitrogens is 1. The van der Waals surface area contributed by atoms with Crippen molar-refractivity contribution in [2.24, 2.45) is 0 Å². The lowest BCUT2D eigenvalue weighted by molar-refractivity contribution is 0.0963. The molecule has 6 nitrogen and oxygen atoms in total. The van der Waals surface area contributed by atoms with Gasteiger partial charge < -0.3 is 16.0 Å². The summed E-state index contributed by atoms with van der Waals surface area (Å²) in [6.07, 6.45) is 0.725. The van der Waals surface area contributed by atoms with Crippen LogP contribution in [0.2, 0.25) is 0 Å². The highest BCUT2D eigenvalue weighted by Crippen LogP contribution is 2.27. The Kier molecular flexibility index (Phi) is 5.56. The molecular formula is C17H22N4O2S. The number of anilines is 1. The number of hydrogen-bond donors (Lipinski definition) is 3. The van der Waals surface area contributed by atoms with Crippen molar-refractivity contribution in [2.45, 2.75) is 32.7 Å². The van der Waals surface area contributed by atoms with E-state index >= 15 is 0 Å². The van der Waals surface area contributed by atoms with Gasteiger partial charge in [-0.2, -0.15) is 0 Å². The number of aryl methyl sites for hydroxylation is 1. The van der Waals surface area contributed by atoms with Gasteiger partial charge in [-0.1, -0.05) is 6.92 Å². The number of carbonyl (C=O) groups is 2. The second-order valence-electron chi connectivity index (χ2n) is 5.72. The Bertz CT molecular complexity index is 726. The van der Waals surface area contributed by atoms with Crippen molar-refractivity contribution in [1.82, 2.24) is 15.6 Å². The average molecular weight is 346 g/mol. The summed E-state index contributed by atoms with van der Waals surface area (Å²) in [4.78, 5) is 28.3. The summed E-state index contributed by atoms with van der Waals surface area (Å²) in [5, 5.41) is 11.2. The molecule has 1 aromatic carbocycles. The summed E-state index contributed by atoms with van der Waals surface area (Å²) in [5.74, 6) is -0.163. The zero-order valence-electron chi connectivity index (χ0n) is 14.3. The second-order valence-corrected chi connectivity index (χ2v) is 6.57. The fourth-order valence-electron chi connectivity index (χ4n) is 2.16. The first-order valence-corrected chi connectivity index (χ1v) is 8.60. The van der Waals surface area contributed by atoms with Gasteiger partial charge in [-0.15, -0.1) is 11.3 Å². The van der Waals surface area contributed by atoms with E-state index in [1.807, 2.05) is 26.2 Å². The summed E-state index contributed by atoms with van der Waals surface area (Å²) in [6.45, 7) is 5.90. The molecule has 7 heteroatoms. The van der Waals surface area contributed by atoms with Gasteiger partial charge >= 0.3 is 6.03 Å². The van der Waals surface area contributed by atoms with E-state index in [0.717, 1.165) is 17.1 Å². The third-order valence-electron chi connectivity index (χ3n) is 3.82.